The molecule has 0 aromatic carbocycles. The highest BCUT2D eigenvalue weighted by molar-refractivity contribution is 4.81. The van der Waals surface area contributed by atoms with E-state index in [4.69, 9.17) is 5.26 Å². The normalized spacial score (nSPS) is 31.2. The Morgan fingerprint density at radius 3 is 2.83 bits per heavy atom. The highest BCUT2D eigenvalue weighted by atomic mass is 17.1. The van der Waals surface area contributed by atoms with Crippen LogP contribution in [-0.2, 0) is 4.89 Å². The lowest BCUT2D eigenvalue weighted by Gasteiger charge is -2.17. The summed E-state index contributed by atoms with van der Waals surface area (Å²) in [5, 5.41) is 8.22. The molecule has 1 aliphatic rings. The molecule has 1 fully saturated rings. The molecule has 1 N–H and O–H groups in total. The average molecular weight is 173 g/mol. The van der Waals surface area contributed by atoms with Crippen molar-refractivity contribution in [3.63, 3.8) is 0 Å². The second-order valence-corrected chi connectivity index (χ2v) is 3.73. The minimum atomic E-state index is 0.464. The van der Waals surface area contributed by atoms with Crippen molar-refractivity contribution in [2.24, 2.45) is 5.92 Å². The Bertz CT molecular complexity index is 130. The Kier molecular flexibility index (Phi) is 3.98. The highest BCUT2D eigenvalue weighted by Gasteiger charge is 2.27. The molecule has 2 atom stereocenters. The van der Waals surface area contributed by atoms with Gasteiger partial charge >= 0.3 is 0 Å². The molecule has 2 unspecified atom stereocenters. The minimum absolute atomic E-state index is 0.464. The van der Waals surface area contributed by atoms with Crippen LogP contribution >= 0.6 is 0 Å². The van der Waals surface area contributed by atoms with Gasteiger partial charge in [-0.1, -0.05) is 13.3 Å². The first-order chi connectivity index (χ1) is 5.77. The summed E-state index contributed by atoms with van der Waals surface area (Å²) in [6.45, 7) is 3.90. The maximum atomic E-state index is 8.22. The Labute approximate surface area is 74.2 Å². The van der Waals surface area contributed by atoms with Crippen LogP contribution in [0.5, 0.6) is 0 Å². The van der Waals surface area contributed by atoms with Gasteiger partial charge < -0.3 is 4.90 Å². The van der Waals surface area contributed by atoms with Gasteiger partial charge in [-0.15, -0.1) is 0 Å². The van der Waals surface area contributed by atoms with E-state index in [9.17, 15) is 0 Å². The SMILES string of the molecule is CCC1CC(CCOO)N(C)C1. The molecular weight excluding hydrogens is 154 g/mol. The molecule has 0 amide bonds. The topological polar surface area (TPSA) is 32.7 Å². The van der Waals surface area contributed by atoms with Gasteiger partial charge in [0.15, 0.2) is 0 Å². The first kappa shape index (κ1) is 9.96. The third-order valence-corrected chi connectivity index (χ3v) is 2.89. The fourth-order valence-electron chi connectivity index (χ4n) is 2.02. The number of hydrogen-bond acceptors (Lipinski definition) is 3. The predicted octanol–water partition coefficient (Wildman–Crippen LogP) is 1.60. The Morgan fingerprint density at radius 2 is 2.33 bits per heavy atom. The van der Waals surface area contributed by atoms with Crippen molar-refractivity contribution in [2.75, 3.05) is 20.2 Å². The van der Waals surface area contributed by atoms with Crippen LogP contribution in [0.2, 0.25) is 0 Å². The quantitative estimate of drug-likeness (QED) is 0.517. The molecule has 0 saturated carbocycles. The molecule has 1 aliphatic heterocycles. The molecule has 0 aromatic heterocycles. The molecule has 1 heterocycles. The van der Waals surface area contributed by atoms with Crippen LogP contribution in [0, 0.1) is 5.92 Å². The van der Waals surface area contributed by atoms with E-state index in [-0.39, 0.29) is 0 Å². The second-order valence-electron chi connectivity index (χ2n) is 3.73. The first-order valence-corrected chi connectivity index (χ1v) is 4.74. The van der Waals surface area contributed by atoms with Gasteiger partial charge in [-0.3, -0.25) is 5.26 Å². The zero-order valence-corrected chi connectivity index (χ0v) is 7.99. The van der Waals surface area contributed by atoms with E-state index in [0.717, 1.165) is 12.3 Å². The summed E-state index contributed by atoms with van der Waals surface area (Å²) in [5.41, 5.74) is 0. The summed E-state index contributed by atoms with van der Waals surface area (Å²) in [7, 11) is 2.15. The zero-order chi connectivity index (χ0) is 8.97. The van der Waals surface area contributed by atoms with Crippen molar-refractivity contribution in [1.82, 2.24) is 4.90 Å². The molecule has 0 radical (unpaired) electrons. The van der Waals surface area contributed by atoms with Crippen LogP contribution in [0.1, 0.15) is 26.2 Å². The Morgan fingerprint density at radius 1 is 1.58 bits per heavy atom. The number of nitrogens with zero attached hydrogens (tertiary/aromatic N) is 1. The largest absolute Gasteiger partial charge is 0.303 e. The molecule has 0 bridgehead atoms. The monoisotopic (exact) mass is 173 g/mol. The molecule has 0 aliphatic carbocycles. The van der Waals surface area contributed by atoms with Crippen molar-refractivity contribution in [3.05, 3.63) is 0 Å². The van der Waals surface area contributed by atoms with Gasteiger partial charge in [0, 0.05) is 12.6 Å². The fourth-order valence-corrected chi connectivity index (χ4v) is 2.02. The highest BCUT2D eigenvalue weighted by Crippen LogP contribution is 2.25. The summed E-state index contributed by atoms with van der Waals surface area (Å²) in [5.74, 6) is 0.846. The third-order valence-electron chi connectivity index (χ3n) is 2.89. The summed E-state index contributed by atoms with van der Waals surface area (Å²) in [4.78, 5) is 6.46. The van der Waals surface area contributed by atoms with Crippen LogP contribution < -0.4 is 0 Å². The molecule has 0 aromatic rings. The minimum Gasteiger partial charge on any atom is -0.303 e. The molecule has 1 saturated heterocycles. The van der Waals surface area contributed by atoms with Crippen LogP contribution in [0.4, 0.5) is 0 Å². The van der Waals surface area contributed by atoms with Gasteiger partial charge in [0.05, 0.1) is 6.61 Å². The molecule has 3 nitrogen and oxygen atoms in total. The van der Waals surface area contributed by atoms with Crippen molar-refractivity contribution >= 4 is 0 Å². The van der Waals surface area contributed by atoms with E-state index in [1.165, 1.54) is 19.4 Å². The van der Waals surface area contributed by atoms with Crippen LogP contribution in [0.3, 0.4) is 0 Å². The van der Waals surface area contributed by atoms with Crippen LogP contribution in [0.25, 0.3) is 0 Å². The molecule has 12 heavy (non-hydrogen) atoms. The summed E-state index contributed by atoms with van der Waals surface area (Å²) < 4.78 is 0. The van der Waals surface area contributed by atoms with Gasteiger partial charge in [0.25, 0.3) is 0 Å². The van der Waals surface area contributed by atoms with Crippen LogP contribution in [0.15, 0.2) is 0 Å². The van der Waals surface area contributed by atoms with Crippen LogP contribution in [-0.4, -0.2) is 36.4 Å². The van der Waals surface area contributed by atoms with Crippen molar-refractivity contribution < 1.29 is 10.1 Å². The lowest BCUT2D eigenvalue weighted by molar-refractivity contribution is -0.244. The third kappa shape index (κ3) is 2.44. The molecule has 72 valence electrons. The van der Waals surface area contributed by atoms with E-state index >= 15 is 0 Å². The van der Waals surface area contributed by atoms with E-state index < -0.39 is 0 Å². The predicted molar refractivity (Wildman–Crippen MR) is 48.0 cm³/mol. The van der Waals surface area contributed by atoms with Gasteiger partial charge in [-0.2, -0.15) is 0 Å². The maximum Gasteiger partial charge on any atom is 0.0834 e. The molecular formula is C9H19NO2. The average Bonchev–Trinajstić information content (AvgIpc) is 2.43. The van der Waals surface area contributed by atoms with Gasteiger partial charge in [-0.05, 0) is 25.8 Å². The van der Waals surface area contributed by atoms with E-state index in [1.807, 2.05) is 0 Å². The Balaban J connectivity index is 2.25. The van der Waals surface area contributed by atoms with Gasteiger partial charge in [-0.25, -0.2) is 4.89 Å². The first-order valence-electron chi connectivity index (χ1n) is 4.74. The smallest absolute Gasteiger partial charge is 0.0834 e. The van der Waals surface area contributed by atoms with E-state index in [0.29, 0.717) is 12.6 Å². The maximum absolute atomic E-state index is 8.22. The molecule has 3 heteroatoms. The Hall–Kier alpha value is -0.120. The summed E-state index contributed by atoms with van der Waals surface area (Å²) >= 11 is 0. The van der Waals surface area contributed by atoms with Gasteiger partial charge in [0.1, 0.15) is 0 Å². The van der Waals surface area contributed by atoms with E-state index in [1.54, 1.807) is 0 Å². The number of hydrogen-bond donors (Lipinski definition) is 1. The lowest BCUT2D eigenvalue weighted by atomic mass is 10.0. The lowest BCUT2D eigenvalue weighted by Crippen LogP contribution is -2.26. The van der Waals surface area contributed by atoms with Crippen molar-refractivity contribution in [2.45, 2.75) is 32.2 Å². The summed E-state index contributed by atoms with van der Waals surface area (Å²) in [6, 6.07) is 0.613. The molecule has 0 spiro atoms. The standard InChI is InChI=1S/C9H19NO2/c1-3-8-6-9(4-5-12-11)10(2)7-8/h8-9,11H,3-7H2,1-2H3. The molecule has 1 rings (SSSR count). The van der Waals surface area contributed by atoms with E-state index in [2.05, 4.69) is 23.8 Å². The number of likely N-dealkylation sites (tertiary alicyclic amines) is 1. The second kappa shape index (κ2) is 4.80. The van der Waals surface area contributed by atoms with Crippen molar-refractivity contribution in [1.29, 1.82) is 0 Å². The van der Waals surface area contributed by atoms with Gasteiger partial charge in [0.2, 0.25) is 0 Å². The zero-order valence-electron chi connectivity index (χ0n) is 7.99. The fraction of sp³-hybridized carbons (Fsp3) is 1.00. The van der Waals surface area contributed by atoms with Crippen molar-refractivity contribution in [3.8, 4) is 0 Å². The number of rotatable bonds is 4. The summed E-state index contributed by atoms with van der Waals surface area (Å²) in [6.07, 6.45) is 3.47.